The Morgan fingerprint density at radius 3 is 2.67 bits per heavy atom. The highest BCUT2D eigenvalue weighted by atomic mass is 16.4. The molecular weight excluding hydrogens is 270 g/mol. The molecule has 0 aliphatic heterocycles. The van der Waals surface area contributed by atoms with Crippen LogP contribution in [0.3, 0.4) is 0 Å². The largest absolute Gasteiger partial charge is 0.480 e. The highest BCUT2D eigenvalue weighted by Gasteiger charge is 2.31. The van der Waals surface area contributed by atoms with E-state index in [2.05, 4.69) is 10.3 Å². The predicted octanol–water partition coefficient (Wildman–Crippen LogP) is 0.868. The Morgan fingerprint density at radius 1 is 1.38 bits per heavy atom. The summed E-state index contributed by atoms with van der Waals surface area (Å²) in [7, 11) is 0. The monoisotopic (exact) mass is 287 g/mol. The van der Waals surface area contributed by atoms with E-state index >= 15 is 0 Å². The number of aliphatic carboxylic acids is 1. The molecule has 1 amide bonds. The van der Waals surface area contributed by atoms with Crippen molar-refractivity contribution in [3.8, 4) is 0 Å². The molecule has 0 aromatic carbocycles. The second-order valence-corrected chi connectivity index (χ2v) is 5.03. The SMILES string of the molecule is NC1(C[C@H](NC(=O)c2ccncc2)C(=O)O)C=CC=CC1. The highest BCUT2D eigenvalue weighted by Crippen LogP contribution is 2.20. The standard InChI is InChI=1S/C15H17N3O3/c16-15(6-2-1-3-7-15)10-12(14(20)21)18-13(19)11-4-8-17-9-5-11/h1-6,8-9,12H,7,10,16H2,(H,18,19)(H,20,21)/t12-,15?/m0/s1. The van der Waals surface area contributed by atoms with Crippen LogP contribution in [0.1, 0.15) is 23.2 Å². The van der Waals surface area contributed by atoms with Gasteiger partial charge in [0.25, 0.3) is 5.91 Å². The number of carbonyl (C=O) groups excluding carboxylic acids is 1. The van der Waals surface area contributed by atoms with Crippen LogP contribution in [0.5, 0.6) is 0 Å². The van der Waals surface area contributed by atoms with Gasteiger partial charge >= 0.3 is 5.97 Å². The third kappa shape index (κ3) is 4.00. The zero-order valence-electron chi connectivity index (χ0n) is 11.4. The number of pyridine rings is 1. The number of carboxylic acids is 1. The molecule has 0 radical (unpaired) electrons. The van der Waals surface area contributed by atoms with Crippen molar-refractivity contribution in [1.29, 1.82) is 0 Å². The van der Waals surface area contributed by atoms with Gasteiger partial charge in [-0.25, -0.2) is 4.79 Å². The average molecular weight is 287 g/mol. The van der Waals surface area contributed by atoms with Crippen molar-refractivity contribution < 1.29 is 14.7 Å². The van der Waals surface area contributed by atoms with Crippen molar-refractivity contribution in [2.75, 3.05) is 0 Å². The van der Waals surface area contributed by atoms with Crippen molar-refractivity contribution in [3.05, 3.63) is 54.4 Å². The quantitative estimate of drug-likeness (QED) is 0.745. The molecule has 1 aromatic heterocycles. The Bertz CT molecular complexity index is 583. The zero-order valence-corrected chi connectivity index (χ0v) is 11.4. The van der Waals surface area contributed by atoms with E-state index in [0.717, 1.165) is 0 Å². The normalized spacial score (nSPS) is 21.8. The summed E-state index contributed by atoms with van der Waals surface area (Å²) >= 11 is 0. The van der Waals surface area contributed by atoms with Crippen LogP contribution in [0.15, 0.2) is 48.8 Å². The Balaban J connectivity index is 2.06. The summed E-state index contributed by atoms with van der Waals surface area (Å²) in [6.07, 6.45) is 10.9. The summed E-state index contributed by atoms with van der Waals surface area (Å²) < 4.78 is 0. The topological polar surface area (TPSA) is 105 Å². The molecule has 0 spiro atoms. The lowest BCUT2D eigenvalue weighted by molar-refractivity contribution is -0.139. The lowest BCUT2D eigenvalue weighted by Gasteiger charge is -2.29. The molecule has 0 bridgehead atoms. The average Bonchev–Trinajstić information content (AvgIpc) is 2.48. The van der Waals surface area contributed by atoms with Crippen molar-refractivity contribution in [3.63, 3.8) is 0 Å². The van der Waals surface area contributed by atoms with Gasteiger partial charge in [-0.2, -0.15) is 0 Å². The number of rotatable bonds is 5. The van der Waals surface area contributed by atoms with Gasteiger partial charge in [0.2, 0.25) is 0 Å². The first-order chi connectivity index (χ1) is 10.0. The Hall–Kier alpha value is -2.47. The van der Waals surface area contributed by atoms with Gasteiger partial charge in [0.15, 0.2) is 0 Å². The molecule has 0 fully saturated rings. The van der Waals surface area contributed by atoms with Gasteiger partial charge < -0.3 is 16.2 Å². The third-order valence-corrected chi connectivity index (χ3v) is 3.30. The molecule has 4 N–H and O–H groups in total. The van der Waals surface area contributed by atoms with E-state index in [1.807, 2.05) is 12.2 Å². The molecule has 2 rings (SSSR count). The van der Waals surface area contributed by atoms with Crippen molar-refractivity contribution in [1.82, 2.24) is 10.3 Å². The maximum Gasteiger partial charge on any atom is 0.326 e. The van der Waals surface area contributed by atoms with Crippen LogP contribution in [0.25, 0.3) is 0 Å². The summed E-state index contributed by atoms with van der Waals surface area (Å²) in [5, 5.41) is 11.8. The van der Waals surface area contributed by atoms with Gasteiger partial charge in [-0.1, -0.05) is 24.3 Å². The predicted molar refractivity (Wildman–Crippen MR) is 77.6 cm³/mol. The third-order valence-electron chi connectivity index (χ3n) is 3.30. The van der Waals surface area contributed by atoms with E-state index in [0.29, 0.717) is 12.0 Å². The fourth-order valence-corrected chi connectivity index (χ4v) is 2.16. The molecule has 6 heteroatoms. The van der Waals surface area contributed by atoms with E-state index in [1.165, 1.54) is 24.5 Å². The van der Waals surface area contributed by atoms with E-state index in [9.17, 15) is 14.7 Å². The van der Waals surface area contributed by atoms with Crippen LogP contribution in [-0.2, 0) is 4.79 Å². The minimum atomic E-state index is -1.11. The van der Waals surface area contributed by atoms with E-state index in [-0.39, 0.29) is 6.42 Å². The van der Waals surface area contributed by atoms with Crippen LogP contribution >= 0.6 is 0 Å². The zero-order chi connectivity index (χ0) is 15.3. The minimum Gasteiger partial charge on any atom is -0.480 e. The molecule has 1 aromatic rings. The van der Waals surface area contributed by atoms with Crippen LogP contribution in [0.4, 0.5) is 0 Å². The van der Waals surface area contributed by atoms with Crippen LogP contribution in [0.2, 0.25) is 0 Å². The summed E-state index contributed by atoms with van der Waals surface area (Å²) in [5.74, 6) is -1.56. The summed E-state index contributed by atoms with van der Waals surface area (Å²) in [5.41, 5.74) is 5.75. The molecule has 1 unspecified atom stereocenters. The van der Waals surface area contributed by atoms with E-state index < -0.39 is 23.5 Å². The van der Waals surface area contributed by atoms with Gasteiger partial charge in [0, 0.05) is 29.9 Å². The fraction of sp³-hybridized carbons (Fsp3) is 0.267. The minimum absolute atomic E-state index is 0.125. The molecule has 6 nitrogen and oxygen atoms in total. The number of hydrogen-bond acceptors (Lipinski definition) is 4. The summed E-state index contributed by atoms with van der Waals surface area (Å²) in [6.45, 7) is 0. The number of nitrogens with zero attached hydrogens (tertiary/aromatic N) is 1. The maximum atomic E-state index is 12.0. The molecule has 0 saturated heterocycles. The van der Waals surface area contributed by atoms with Gasteiger partial charge in [0.1, 0.15) is 6.04 Å². The number of carboxylic acid groups (broad SMARTS) is 1. The molecular formula is C15H17N3O3. The van der Waals surface area contributed by atoms with Crippen molar-refractivity contribution >= 4 is 11.9 Å². The Labute approximate surface area is 122 Å². The lowest BCUT2D eigenvalue weighted by Crippen LogP contribution is -2.50. The number of allylic oxidation sites excluding steroid dienone is 2. The second kappa shape index (κ2) is 6.32. The van der Waals surface area contributed by atoms with Gasteiger partial charge in [-0.3, -0.25) is 9.78 Å². The highest BCUT2D eigenvalue weighted by molar-refractivity contribution is 5.96. The number of carbonyl (C=O) groups is 2. The number of hydrogen-bond donors (Lipinski definition) is 3. The van der Waals surface area contributed by atoms with Gasteiger partial charge in [0.05, 0.1) is 0 Å². The Morgan fingerprint density at radius 2 is 2.10 bits per heavy atom. The molecule has 0 saturated carbocycles. The molecule has 21 heavy (non-hydrogen) atoms. The van der Waals surface area contributed by atoms with Crippen LogP contribution < -0.4 is 11.1 Å². The molecule has 1 aliphatic carbocycles. The second-order valence-electron chi connectivity index (χ2n) is 5.03. The van der Waals surface area contributed by atoms with Gasteiger partial charge in [-0.15, -0.1) is 0 Å². The van der Waals surface area contributed by atoms with Crippen molar-refractivity contribution in [2.45, 2.75) is 24.4 Å². The first kappa shape index (κ1) is 14.9. The number of nitrogens with two attached hydrogens (primary N) is 1. The smallest absolute Gasteiger partial charge is 0.326 e. The summed E-state index contributed by atoms with van der Waals surface area (Å²) in [4.78, 5) is 27.2. The van der Waals surface area contributed by atoms with E-state index in [4.69, 9.17) is 5.73 Å². The lowest BCUT2D eigenvalue weighted by atomic mass is 9.86. The van der Waals surface area contributed by atoms with E-state index in [1.54, 1.807) is 12.2 Å². The molecule has 1 heterocycles. The fourth-order valence-electron chi connectivity index (χ4n) is 2.16. The Kier molecular flexibility index (Phi) is 4.49. The van der Waals surface area contributed by atoms with Gasteiger partial charge in [-0.05, 0) is 18.6 Å². The van der Waals surface area contributed by atoms with Crippen LogP contribution in [0, 0.1) is 0 Å². The number of nitrogens with one attached hydrogen (secondary N) is 1. The molecule has 110 valence electrons. The van der Waals surface area contributed by atoms with Crippen molar-refractivity contribution in [2.24, 2.45) is 5.73 Å². The first-order valence-corrected chi connectivity index (χ1v) is 6.57. The summed E-state index contributed by atoms with van der Waals surface area (Å²) in [6, 6.07) is 2.00. The maximum absolute atomic E-state index is 12.0. The molecule has 1 aliphatic rings. The van der Waals surface area contributed by atoms with Crippen LogP contribution in [-0.4, -0.2) is 33.5 Å². The number of amides is 1. The molecule has 2 atom stereocenters. The number of aromatic nitrogens is 1. The first-order valence-electron chi connectivity index (χ1n) is 6.57.